The first kappa shape index (κ1) is 21.0. The summed E-state index contributed by atoms with van der Waals surface area (Å²) >= 11 is 6.92. The number of benzene rings is 2. The van der Waals surface area contributed by atoms with Gasteiger partial charge >= 0.3 is 0 Å². The Morgan fingerprint density at radius 1 is 1.17 bits per heavy atom. The van der Waals surface area contributed by atoms with Crippen LogP contribution in [0, 0.1) is 0 Å². The summed E-state index contributed by atoms with van der Waals surface area (Å²) in [5, 5.41) is 0.387. The first-order chi connectivity index (χ1) is 14.2. The van der Waals surface area contributed by atoms with Crippen molar-refractivity contribution in [3.05, 3.63) is 69.1 Å². The van der Waals surface area contributed by atoms with E-state index in [9.17, 15) is 9.59 Å². The molecule has 2 heterocycles. The molecule has 4 nitrogen and oxygen atoms in total. The highest BCUT2D eigenvalue weighted by Crippen LogP contribution is 2.43. The van der Waals surface area contributed by atoms with E-state index in [-0.39, 0.29) is 23.2 Å². The highest BCUT2D eigenvalue weighted by molar-refractivity contribution is 8.18. The summed E-state index contributed by atoms with van der Waals surface area (Å²) in [6, 6.07) is 13.5. The van der Waals surface area contributed by atoms with Crippen LogP contribution in [0.2, 0.25) is 5.02 Å². The molecule has 0 N–H and O–H groups in total. The van der Waals surface area contributed by atoms with Crippen molar-refractivity contribution in [1.82, 2.24) is 4.90 Å². The zero-order chi connectivity index (χ0) is 21.6. The van der Waals surface area contributed by atoms with Gasteiger partial charge in [-0.1, -0.05) is 36.7 Å². The number of imide groups is 1. The minimum atomic E-state index is -0.246. The molecule has 0 aliphatic carbocycles. The Hall–Kier alpha value is -2.24. The van der Waals surface area contributed by atoms with E-state index in [0.717, 1.165) is 29.3 Å². The average Bonchev–Trinajstić information content (AvgIpc) is 2.95. The first-order valence-electron chi connectivity index (χ1n) is 10.0. The molecule has 2 aromatic carbocycles. The maximum atomic E-state index is 12.9. The summed E-state index contributed by atoms with van der Waals surface area (Å²) in [5.74, 6) is 0.184. The zero-order valence-corrected chi connectivity index (χ0v) is 19.2. The maximum absolute atomic E-state index is 12.9. The lowest BCUT2D eigenvalue weighted by atomic mass is 9.80. The van der Waals surface area contributed by atoms with Gasteiger partial charge in [-0.3, -0.25) is 14.5 Å². The van der Waals surface area contributed by atoms with E-state index in [4.69, 9.17) is 11.6 Å². The number of amides is 2. The standard InChI is InChI=1S/C24H25ClN2O2S/c1-15-13-24(2,3)26(4)20-10-7-17(11-19(15)20)12-21-22(28)27(23(29)30-21)14-16-5-8-18(25)9-6-16/h5-12,15H,13-14H2,1-4H3/b21-12+. The molecule has 1 saturated heterocycles. The van der Waals surface area contributed by atoms with Gasteiger partial charge in [0.25, 0.3) is 11.1 Å². The molecule has 1 unspecified atom stereocenters. The number of hydrogen-bond donors (Lipinski definition) is 0. The van der Waals surface area contributed by atoms with Gasteiger partial charge in [0.2, 0.25) is 0 Å². The Balaban J connectivity index is 1.58. The van der Waals surface area contributed by atoms with Crippen LogP contribution in [-0.2, 0) is 11.3 Å². The number of carbonyl (C=O) groups excluding carboxylic acids is 2. The number of fused-ring (bicyclic) bond motifs is 1. The maximum Gasteiger partial charge on any atom is 0.293 e. The molecule has 0 aromatic heterocycles. The number of thioether (sulfide) groups is 1. The molecular formula is C24H25ClN2O2S. The van der Waals surface area contributed by atoms with E-state index in [1.165, 1.54) is 16.2 Å². The molecule has 0 saturated carbocycles. The van der Waals surface area contributed by atoms with Crippen molar-refractivity contribution in [3.63, 3.8) is 0 Å². The lowest BCUT2D eigenvalue weighted by Crippen LogP contribution is -2.45. The Morgan fingerprint density at radius 3 is 2.57 bits per heavy atom. The molecule has 30 heavy (non-hydrogen) atoms. The lowest BCUT2D eigenvalue weighted by molar-refractivity contribution is -0.123. The van der Waals surface area contributed by atoms with Gasteiger partial charge in [-0.2, -0.15) is 0 Å². The van der Waals surface area contributed by atoms with Crippen molar-refractivity contribution in [3.8, 4) is 0 Å². The van der Waals surface area contributed by atoms with Crippen LogP contribution in [-0.4, -0.2) is 28.6 Å². The van der Waals surface area contributed by atoms with Crippen LogP contribution in [0.25, 0.3) is 6.08 Å². The predicted octanol–water partition coefficient (Wildman–Crippen LogP) is 6.30. The van der Waals surface area contributed by atoms with Crippen LogP contribution in [0.1, 0.15) is 49.8 Å². The molecule has 156 valence electrons. The molecule has 6 heteroatoms. The number of hydrogen-bond acceptors (Lipinski definition) is 4. The summed E-state index contributed by atoms with van der Waals surface area (Å²) < 4.78 is 0. The highest BCUT2D eigenvalue weighted by Gasteiger charge is 2.36. The molecule has 0 radical (unpaired) electrons. The second-order valence-corrected chi connectivity index (χ2v) is 10.1. The van der Waals surface area contributed by atoms with Gasteiger partial charge in [0, 0.05) is 23.3 Å². The third kappa shape index (κ3) is 3.88. The molecule has 2 amide bonds. The normalized spacial score (nSPS) is 22.0. The van der Waals surface area contributed by atoms with Crippen LogP contribution < -0.4 is 4.90 Å². The topological polar surface area (TPSA) is 40.6 Å². The van der Waals surface area contributed by atoms with E-state index < -0.39 is 0 Å². The number of halogens is 1. The van der Waals surface area contributed by atoms with Gasteiger partial charge in [-0.15, -0.1) is 0 Å². The van der Waals surface area contributed by atoms with Gasteiger partial charge in [0.15, 0.2) is 0 Å². The van der Waals surface area contributed by atoms with Crippen molar-refractivity contribution >= 4 is 46.3 Å². The second-order valence-electron chi connectivity index (χ2n) is 8.69. The van der Waals surface area contributed by atoms with E-state index in [1.807, 2.05) is 24.3 Å². The molecule has 4 rings (SSSR count). The summed E-state index contributed by atoms with van der Waals surface area (Å²) in [6.07, 6.45) is 2.90. The van der Waals surface area contributed by atoms with Crippen molar-refractivity contribution in [1.29, 1.82) is 0 Å². The van der Waals surface area contributed by atoms with Crippen molar-refractivity contribution < 1.29 is 9.59 Å². The Kier molecular flexibility index (Phi) is 5.45. The van der Waals surface area contributed by atoms with Gasteiger partial charge in [0.05, 0.1) is 11.4 Å². The predicted molar refractivity (Wildman–Crippen MR) is 125 cm³/mol. The third-order valence-corrected chi connectivity index (χ3v) is 7.24. The smallest absolute Gasteiger partial charge is 0.293 e. The third-order valence-electron chi connectivity index (χ3n) is 6.08. The van der Waals surface area contributed by atoms with Gasteiger partial charge in [-0.25, -0.2) is 0 Å². The molecule has 1 atom stereocenters. The van der Waals surface area contributed by atoms with E-state index >= 15 is 0 Å². The van der Waals surface area contributed by atoms with Crippen molar-refractivity contribution in [2.45, 2.75) is 45.2 Å². The largest absolute Gasteiger partial charge is 0.369 e. The van der Waals surface area contributed by atoms with E-state index in [1.54, 1.807) is 12.1 Å². The Bertz CT molecular complexity index is 1050. The summed E-state index contributed by atoms with van der Waals surface area (Å²) in [6.45, 7) is 7.02. The monoisotopic (exact) mass is 440 g/mol. The Morgan fingerprint density at radius 2 is 1.87 bits per heavy atom. The number of carbonyl (C=O) groups is 2. The summed E-state index contributed by atoms with van der Waals surface area (Å²) in [7, 11) is 2.13. The van der Waals surface area contributed by atoms with Crippen LogP contribution >= 0.6 is 23.4 Å². The fourth-order valence-corrected chi connectivity index (χ4v) is 5.21. The van der Waals surface area contributed by atoms with Crippen LogP contribution in [0.3, 0.4) is 0 Å². The second kappa shape index (κ2) is 7.78. The van der Waals surface area contributed by atoms with Crippen LogP contribution in [0.15, 0.2) is 47.4 Å². The van der Waals surface area contributed by atoms with Gasteiger partial charge in [-0.05, 0) is 85.0 Å². The quantitative estimate of drug-likeness (QED) is 0.525. The minimum Gasteiger partial charge on any atom is -0.369 e. The molecule has 2 aromatic rings. The molecule has 0 bridgehead atoms. The fourth-order valence-electron chi connectivity index (χ4n) is 4.25. The average molecular weight is 441 g/mol. The van der Waals surface area contributed by atoms with Crippen molar-refractivity contribution in [2.75, 3.05) is 11.9 Å². The van der Waals surface area contributed by atoms with Crippen LogP contribution in [0.5, 0.6) is 0 Å². The fraction of sp³-hybridized carbons (Fsp3) is 0.333. The lowest BCUT2D eigenvalue weighted by Gasteiger charge is -2.45. The van der Waals surface area contributed by atoms with Crippen molar-refractivity contribution in [2.24, 2.45) is 0 Å². The van der Waals surface area contributed by atoms with E-state index in [0.29, 0.717) is 15.8 Å². The molecule has 0 spiro atoms. The minimum absolute atomic E-state index is 0.109. The number of nitrogens with zero attached hydrogens (tertiary/aromatic N) is 2. The van der Waals surface area contributed by atoms with E-state index in [2.05, 4.69) is 44.9 Å². The zero-order valence-electron chi connectivity index (χ0n) is 17.6. The number of rotatable bonds is 3. The molecule has 2 aliphatic heterocycles. The number of anilines is 1. The first-order valence-corrected chi connectivity index (χ1v) is 11.2. The summed E-state index contributed by atoms with van der Waals surface area (Å²) in [5.41, 5.74) is 4.44. The van der Waals surface area contributed by atoms with Gasteiger partial charge < -0.3 is 4.90 Å². The SMILES string of the molecule is CC1CC(C)(C)N(C)c2ccc(/C=C3/SC(=O)N(Cc4ccc(Cl)cc4)C3=O)cc21. The highest BCUT2D eigenvalue weighted by atomic mass is 35.5. The molecule has 1 fully saturated rings. The molecule has 2 aliphatic rings. The van der Waals surface area contributed by atoms with Crippen LogP contribution in [0.4, 0.5) is 10.5 Å². The van der Waals surface area contributed by atoms with Gasteiger partial charge in [0.1, 0.15) is 0 Å². The summed E-state index contributed by atoms with van der Waals surface area (Å²) in [4.78, 5) is 29.4. The molecular weight excluding hydrogens is 416 g/mol. The Labute approximate surface area is 186 Å².